The zero-order valence-corrected chi connectivity index (χ0v) is 14.0. The lowest BCUT2D eigenvalue weighted by molar-refractivity contribution is -0.115. The van der Waals surface area contributed by atoms with E-state index >= 15 is 0 Å². The van der Waals surface area contributed by atoms with Crippen molar-refractivity contribution >= 4 is 17.6 Å². The van der Waals surface area contributed by atoms with Crippen LogP contribution in [0.4, 0.5) is 19.3 Å². The van der Waals surface area contributed by atoms with Gasteiger partial charge in [-0.2, -0.15) is 0 Å². The molecule has 0 bridgehead atoms. The summed E-state index contributed by atoms with van der Waals surface area (Å²) in [6.45, 7) is -0.279. The highest BCUT2D eigenvalue weighted by Crippen LogP contribution is 2.29. The molecule has 1 aliphatic rings. The summed E-state index contributed by atoms with van der Waals surface area (Å²) in [5.74, 6) is -2.58. The van der Waals surface area contributed by atoms with Crippen LogP contribution in [0.2, 0.25) is 0 Å². The quantitative estimate of drug-likeness (QED) is 0.784. The van der Waals surface area contributed by atoms with Gasteiger partial charge in [0, 0.05) is 11.8 Å². The number of carbonyl (C=O) groups is 2. The van der Waals surface area contributed by atoms with Crippen molar-refractivity contribution in [3.05, 3.63) is 65.2 Å². The highest BCUT2D eigenvalue weighted by Gasteiger charge is 2.21. The number of fused-ring (bicyclic) bond motifs is 1. The minimum absolute atomic E-state index is 0.0887. The third kappa shape index (κ3) is 4.36. The molecular weight excluding hydrogens is 340 g/mol. The van der Waals surface area contributed by atoms with Crippen molar-refractivity contribution in [2.24, 2.45) is 0 Å². The highest BCUT2D eigenvalue weighted by molar-refractivity contribution is 5.94. The van der Waals surface area contributed by atoms with Gasteiger partial charge in [-0.25, -0.2) is 13.6 Å². The number of hydrogen-bond donors (Lipinski definition) is 3. The average Bonchev–Trinajstić information content (AvgIpc) is 2.63. The molecule has 0 fully saturated rings. The summed E-state index contributed by atoms with van der Waals surface area (Å²) in [5.41, 5.74) is 2.44. The van der Waals surface area contributed by atoms with Crippen LogP contribution in [-0.4, -0.2) is 18.5 Å². The van der Waals surface area contributed by atoms with Gasteiger partial charge in [0.1, 0.15) is 0 Å². The number of rotatable bonds is 4. The first kappa shape index (κ1) is 17.8. The van der Waals surface area contributed by atoms with E-state index in [4.69, 9.17) is 0 Å². The Bertz CT molecular complexity index is 826. The Morgan fingerprint density at radius 1 is 1.08 bits per heavy atom. The van der Waals surface area contributed by atoms with Crippen LogP contribution in [0.15, 0.2) is 42.5 Å². The standard InChI is InChI=1S/C19H19F2N3O2/c20-15-9-8-13(10-16(15)21)23-18(25)11-22-19(26)24-17-7-3-5-12-4-1-2-6-14(12)17/h1-2,4,6,8-10,17H,3,5,7,11H2,(H,23,25)(H2,22,24,26). The van der Waals surface area contributed by atoms with E-state index in [9.17, 15) is 18.4 Å². The van der Waals surface area contributed by atoms with Gasteiger partial charge >= 0.3 is 6.03 Å². The van der Waals surface area contributed by atoms with E-state index < -0.39 is 23.6 Å². The van der Waals surface area contributed by atoms with E-state index in [-0.39, 0.29) is 18.3 Å². The molecule has 2 aromatic carbocycles. The minimum atomic E-state index is -1.05. The molecule has 3 N–H and O–H groups in total. The average molecular weight is 359 g/mol. The predicted molar refractivity (Wildman–Crippen MR) is 93.6 cm³/mol. The maximum Gasteiger partial charge on any atom is 0.315 e. The van der Waals surface area contributed by atoms with E-state index in [0.29, 0.717) is 0 Å². The number of carbonyl (C=O) groups excluding carboxylic acids is 2. The number of hydrogen-bond acceptors (Lipinski definition) is 2. The highest BCUT2D eigenvalue weighted by atomic mass is 19.2. The zero-order valence-electron chi connectivity index (χ0n) is 14.0. The summed E-state index contributed by atoms with van der Waals surface area (Å²) < 4.78 is 26.0. The Balaban J connectivity index is 1.50. The fraction of sp³-hybridized carbons (Fsp3) is 0.263. The van der Waals surface area contributed by atoms with Crippen LogP contribution in [0.25, 0.3) is 0 Å². The third-order valence-electron chi connectivity index (χ3n) is 4.29. The molecule has 0 spiro atoms. The Labute approximate surface area is 149 Å². The van der Waals surface area contributed by atoms with Crippen molar-refractivity contribution in [1.82, 2.24) is 10.6 Å². The summed E-state index contributed by atoms with van der Waals surface area (Å²) in [7, 11) is 0. The van der Waals surface area contributed by atoms with Crippen LogP contribution < -0.4 is 16.0 Å². The zero-order chi connectivity index (χ0) is 18.5. The van der Waals surface area contributed by atoms with Gasteiger partial charge in [0.25, 0.3) is 0 Å². The molecule has 0 aliphatic heterocycles. The number of anilines is 1. The lowest BCUT2D eigenvalue weighted by Gasteiger charge is -2.26. The molecule has 1 aliphatic carbocycles. The van der Waals surface area contributed by atoms with Crippen molar-refractivity contribution in [3.63, 3.8) is 0 Å². The summed E-state index contributed by atoms with van der Waals surface area (Å²) in [5, 5.41) is 7.74. The van der Waals surface area contributed by atoms with Crippen LogP contribution >= 0.6 is 0 Å². The maximum atomic E-state index is 13.1. The fourth-order valence-corrected chi connectivity index (χ4v) is 3.05. The summed E-state index contributed by atoms with van der Waals surface area (Å²) in [6, 6.07) is 10.5. The Morgan fingerprint density at radius 2 is 1.88 bits per heavy atom. The SMILES string of the molecule is O=C(CNC(=O)NC1CCCc2ccccc21)Nc1ccc(F)c(F)c1. The van der Waals surface area contributed by atoms with Crippen molar-refractivity contribution in [3.8, 4) is 0 Å². The van der Waals surface area contributed by atoms with Crippen LogP contribution in [0.1, 0.15) is 30.0 Å². The molecule has 1 atom stereocenters. The van der Waals surface area contributed by atoms with E-state index in [0.717, 1.165) is 37.0 Å². The van der Waals surface area contributed by atoms with Crippen LogP contribution in [-0.2, 0) is 11.2 Å². The van der Waals surface area contributed by atoms with Gasteiger partial charge in [-0.05, 0) is 42.5 Å². The predicted octanol–water partition coefficient (Wildman–Crippen LogP) is 3.28. The third-order valence-corrected chi connectivity index (χ3v) is 4.29. The molecule has 3 rings (SSSR count). The molecule has 1 unspecified atom stereocenters. The second kappa shape index (κ2) is 7.95. The first-order valence-electron chi connectivity index (χ1n) is 8.40. The van der Waals surface area contributed by atoms with Gasteiger partial charge in [-0.1, -0.05) is 24.3 Å². The normalized spacial score (nSPS) is 15.7. The van der Waals surface area contributed by atoms with Gasteiger partial charge in [0.15, 0.2) is 11.6 Å². The second-order valence-electron chi connectivity index (χ2n) is 6.15. The van der Waals surface area contributed by atoms with Crippen LogP contribution in [0, 0.1) is 11.6 Å². The Hall–Kier alpha value is -2.96. The number of halogens is 2. The van der Waals surface area contributed by atoms with Crippen molar-refractivity contribution < 1.29 is 18.4 Å². The molecule has 0 heterocycles. The monoisotopic (exact) mass is 359 g/mol. The molecule has 5 nitrogen and oxygen atoms in total. The van der Waals surface area contributed by atoms with E-state index in [1.165, 1.54) is 11.6 Å². The molecule has 7 heteroatoms. The van der Waals surface area contributed by atoms with E-state index in [2.05, 4.69) is 22.0 Å². The molecule has 26 heavy (non-hydrogen) atoms. The van der Waals surface area contributed by atoms with Gasteiger partial charge in [0.2, 0.25) is 5.91 Å². The van der Waals surface area contributed by atoms with Gasteiger partial charge < -0.3 is 16.0 Å². The van der Waals surface area contributed by atoms with Gasteiger partial charge in [-0.15, -0.1) is 0 Å². The lowest BCUT2D eigenvalue weighted by Crippen LogP contribution is -2.42. The molecule has 0 saturated carbocycles. The topological polar surface area (TPSA) is 70.2 Å². The minimum Gasteiger partial charge on any atom is -0.331 e. The van der Waals surface area contributed by atoms with Gasteiger partial charge in [-0.3, -0.25) is 4.79 Å². The van der Waals surface area contributed by atoms with Gasteiger partial charge in [0.05, 0.1) is 12.6 Å². The lowest BCUT2D eigenvalue weighted by atomic mass is 9.88. The Kier molecular flexibility index (Phi) is 5.46. The first-order valence-corrected chi connectivity index (χ1v) is 8.40. The number of urea groups is 1. The molecule has 0 radical (unpaired) electrons. The molecular formula is C19H19F2N3O2. The smallest absolute Gasteiger partial charge is 0.315 e. The van der Waals surface area contributed by atoms with E-state index in [1.54, 1.807) is 0 Å². The second-order valence-corrected chi connectivity index (χ2v) is 6.15. The summed E-state index contributed by atoms with van der Waals surface area (Å²) >= 11 is 0. The Morgan fingerprint density at radius 3 is 2.69 bits per heavy atom. The number of aryl methyl sites for hydroxylation is 1. The fourth-order valence-electron chi connectivity index (χ4n) is 3.05. The molecule has 136 valence electrons. The van der Waals surface area contributed by atoms with Crippen molar-refractivity contribution in [1.29, 1.82) is 0 Å². The van der Waals surface area contributed by atoms with Crippen molar-refractivity contribution in [2.45, 2.75) is 25.3 Å². The molecule has 0 saturated heterocycles. The number of amides is 3. The number of benzene rings is 2. The molecule has 0 aromatic heterocycles. The summed E-state index contributed by atoms with van der Waals surface area (Å²) in [4.78, 5) is 23.9. The maximum absolute atomic E-state index is 13.1. The first-order chi connectivity index (χ1) is 12.5. The van der Waals surface area contributed by atoms with Crippen LogP contribution in [0.3, 0.4) is 0 Å². The summed E-state index contributed by atoms with van der Waals surface area (Å²) in [6.07, 6.45) is 2.82. The van der Waals surface area contributed by atoms with Crippen LogP contribution in [0.5, 0.6) is 0 Å². The van der Waals surface area contributed by atoms with E-state index in [1.807, 2.05) is 18.2 Å². The molecule has 3 amide bonds. The number of nitrogens with one attached hydrogen (secondary N) is 3. The van der Waals surface area contributed by atoms with Crippen molar-refractivity contribution in [2.75, 3.05) is 11.9 Å². The largest absolute Gasteiger partial charge is 0.331 e. The molecule has 2 aromatic rings.